The number of hydrogen-bond acceptors (Lipinski definition) is 6. The number of rotatable bonds is 8. The smallest absolute Gasteiger partial charge is 0.274 e. The van der Waals surface area contributed by atoms with Gasteiger partial charge in [-0.3, -0.25) is 20.0 Å². The van der Waals surface area contributed by atoms with Crippen LogP contribution >= 0.6 is 11.8 Å². The Hall–Kier alpha value is -2.42. The molecule has 1 aliphatic rings. The number of nitro groups is 1. The minimum Gasteiger partial charge on any atom is -0.366 e. The lowest BCUT2D eigenvalue weighted by Crippen LogP contribution is -2.11. The van der Waals surface area contributed by atoms with Gasteiger partial charge in [0.15, 0.2) is 0 Å². The molecule has 1 amide bonds. The summed E-state index contributed by atoms with van der Waals surface area (Å²) >= 11 is 1.32. The molecule has 2 aromatic rings. The second-order valence-electron chi connectivity index (χ2n) is 6.51. The van der Waals surface area contributed by atoms with Crippen LogP contribution in [0.5, 0.6) is 0 Å². The Bertz CT molecular complexity index is 801. The molecule has 0 aliphatic heterocycles. The normalized spacial score (nSPS) is 14.6. The molecular formula is C17H21N5O3S. The van der Waals surface area contributed by atoms with Gasteiger partial charge in [-0.15, -0.1) is 5.10 Å². The number of primary amides is 1. The Kier molecular flexibility index (Phi) is 5.87. The predicted molar refractivity (Wildman–Crippen MR) is 97.8 cm³/mol. The standard InChI is InChI=1S/C17H21N5O3S/c18-16(23)12-6-7-13(14(9-12)22(24)25)10-26-17-19-15(20-21-17)8-5-11-3-1-2-4-11/h6-7,9,11H,1-5,8,10H2,(H2,18,23)(H,19,20,21). The van der Waals surface area contributed by atoms with Gasteiger partial charge in [0.2, 0.25) is 11.1 Å². The molecule has 138 valence electrons. The SMILES string of the molecule is NC(=O)c1ccc(CSc2n[nH]c(CCC3CCCC3)n2)c([N+](=O)[O-])c1. The van der Waals surface area contributed by atoms with Crippen LogP contribution in [-0.4, -0.2) is 26.0 Å². The third-order valence-corrected chi connectivity index (χ3v) is 5.59. The molecule has 3 rings (SSSR count). The van der Waals surface area contributed by atoms with Crippen LogP contribution < -0.4 is 5.73 Å². The van der Waals surface area contributed by atoms with Gasteiger partial charge in [-0.2, -0.15) is 0 Å². The molecule has 1 heterocycles. The Morgan fingerprint density at radius 1 is 1.38 bits per heavy atom. The quantitative estimate of drug-likeness (QED) is 0.414. The number of hydrogen-bond donors (Lipinski definition) is 2. The fourth-order valence-electron chi connectivity index (χ4n) is 3.25. The number of nitro benzene ring substituents is 1. The fraction of sp³-hybridized carbons (Fsp3) is 0.471. The number of aryl methyl sites for hydroxylation is 1. The second kappa shape index (κ2) is 8.31. The first kappa shape index (κ1) is 18.4. The first-order valence-corrected chi connectivity index (χ1v) is 9.62. The summed E-state index contributed by atoms with van der Waals surface area (Å²) in [6, 6.07) is 4.26. The summed E-state index contributed by atoms with van der Waals surface area (Å²) in [5.74, 6) is 1.31. The summed E-state index contributed by atoms with van der Waals surface area (Å²) in [6.45, 7) is 0. The molecule has 0 spiro atoms. The first-order valence-electron chi connectivity index (χ1n) is 8.64. The molecule has 0 bridgehead atoms. The Morgan fingerprint density at radius 2 is 2.15 bits per heavy atom. The van der Waals surface area contributed by atoms with Crippen LogP contribution in [0.2, 0.25) is 0 Å². The molecule has 1 aromatic heterocycles. The lowest BCUT2D eigenvalue weighted by Gasteiger charge is -2.05. The number of aromatic amines is 1. The van der Waals surface area contributed by atoms with E-state index in [1.807, 2.05) is 0 Å². The van der Waals surface area contributed by atoms with Gasteiger partial charge in [0.1, 0.15) is 5.82 Å². The minimum atomic E-state index is -0.687. The van der Waals surface area contributed by atoms with Gasteiger partial charge in [-0.25, -0.2) is 4.98 Å². The average molecular weight is 375 g/mol. The number of nitrogens with one attached hydrogen (secondary N) is 1. The molecule has 1 fully saturated rings. The summed E-state index contributed by atoms with van der Waals surface area (Å²) in [6.07, 6.45) is 7.28. The lowest BCUT2D eigenvalue weighted by atomic mass is 10.0. The molecule has 9 heteroatoms. The van der Waals surface area contributed by atoms with Crippen LogP contribution in [0.15, 0.2) is 23.4 Å². The van der Waals surface area contributed by atoms with E-state index in [4.69, 9.17) is 5.73 Å². The highest BCUT2D eigenvalue weighted by atomic mass is 32.2. The minimum absolute atomic E-state index is 0.120. The van der Waals surface area contributed by atoms with Crippen LogP contribution in [-0.2, 0) is 12.2 Å². The van der Waals surface area contributed by atoms with Gasteiger partial charge in [-0.05, 0) is 18.4 Å². The number of nitrogens with two attached hydrogens (primary N) is 1. The molecule has 1 aromatic carbocycles. The van der Waals surface area contributed by atoms with Gasteiger partial charge >= 0.3 is 0 Å². The summed E-state index contributed by atoms with van der Waals surface area (Å²) in [4.78, 5) is 26.4. The number of amides is 1. The molecule has 0 unspecified atom stereocenters. The molecular weight excluding hydrogens is 354 g/mol. The van der Waals surface area contributed by atoms with Gasteiger partial charge in [0.25, 0.3) is 5.69 Å². The highest BCUT2D eigenvalue weighted by molar-refractivity contribution is 7.98. The van der Waals surface area contributed by atoms with E-state index >= 15 is 0 Å². The number of carbonyl (C=O) groups excluding carboxylic acids is 1. The van der Waals surface area contributed by atoms with Crippen molar-refractivity contribution in [3.05, 3.63) is 45.3 Å². The fourth-order valence-corrected chi connectivity index (χ4v) is 4.06. The zero-order chi connectivity index (χ0) is 18.5. The molecule has 3 N–H and O–H groups in total. The molecule has 1 saturated carbocycles. The maximum absolute atomic E-state index is 11.2. The van der Waals surface area contributed by atoms with Crippen molar-refractivity contribution in [3.63, 3.8) is 0 Å². The van der Waals surface area contributed by atoms with E-state index in [0.29, 0.717) is 16.5 Å². The van der Waals surface area contributed by atoms with Crippen LogP contribution in [0.1, 0.15) is 53.8 Å². The van der Waals surface area contributed by atoms with Gasteiger partial charge in [0, 0.05) is 29.4 Å². The molecule has 1 aliphatic carbocycles. The highest BCUT2D eigenvalue weighted by Gasteiger charge is 2.18. The van der Waals surface area contributed by atoms with Crippen molar-refractivity contribution in [2.24, 2.45) is 11.7 Å². The van der Waals surface area contributed by atoms with E-state index in [9.17, 15) is 14.9 Å². The number of aromatic nitrogens is 3. The van der Waals surface area contributed by atoms with Crippen molar-refractivity contribution in [1.29, 1.82) is 0 Å². The van der Waals surface area contributed by atoms with E-state index < -0.39 is 10.8 Å². The molecule has 0 radical (unpaired) electrons. The monoisotopic (exact) mass is 375 g/mol. The topological polar surface area (TPSA) is 128 Å². The molecule has 8 nitrogen and oxygen atoms in total. The average Bonchev–Trinajstić information content (AvgIpc) is 3.29. The third-order valence-electron chi connectivity index (χ3n) is 4.70. The summed E-state index contributed by atoms with van der Waals surface area (Å²) < 4.78 is 0. The van der Waals surface area contributed by atoms with Crippen LogP contribution in [0.25, 0.3) is 0 Å². The van der Waals surface area contributed by atoms with Crippen molar-refractivity contribution < 1.29 is 9.72 Å². The van der Waals surface area contributed by atoms with Crippen molar-refractivity contribution in [3.8, 4) is 0 Å². The Morgan fingerprint density at radius 3 is 2.85 bits per heavy atom. The maximum Gasteiger partial charge on any atom is 0.274 e. The molecule has 0 saturated heterocycles. The third kappa shape index (κ3) is 4.60. The van der Waals surface area contributed by atoms with Crippen molar-refractivity contribution in [1.82, 2.24) is 15.2 Å². The zero-order valence-corrected chi connectivity index (χ0v) is 15.1. The summed E-state index contributed by atoms with van der Waals surface area (Å²) in [5.41, 5.74) is 5.69. The van der Waals surface area contributed by atoms with Gasteiger partial charge in [0.05, 0.1) is 4.92 Å². The Labute approximate surface area is 155 Å². The van der Waals surface area contributed by atoms with E-state index in [1.165, 1.54) is 49.6 Å². The van der Waals surface area contributed by atoms with E-state index in [-0.39, 0.29) is 11.3 Å². The van der Waals surface area contributed by atoms with Crippen molar-refractivity contribution >= 4 is 23.4 Å². The molecule has 26 heavy (non-hydrogen) atoms. The Balaban J connectivity index is 1.60. The maximum atomic E-state index is 11.2. The number of H-pyrrole nitrogens is 1. The number of nitrogens with zero attached hydrogens (tertiary/aromatic N) is 3. The zero-order valence-electron chi connectivity index (χ0n) is 14.3. The van der Waals surface area contributed by atoms with Crippen molar-refractivity contribution in [2.45, 2.75) is 49.4 Å². The number of carbonyl (C=O) groups is 1. The predicted octanol–water partition coefficient (Wildman–Crippen LogP) is 3.23. The van der Waals surface area contributed by atoms with E-state index in [1.54, 1.807) is 6.07 Å². The lowest BCUT2D eigenvalue weighted by molar-refractivity contribution is -0.385. The first-order chi connectivity index (χ1) is 12.5. The van der Waals surface area contributed by atoms with Crippen molar-refractivity contribution in [2.75, 3.05) is 0 Å². The number of benzene rings is 1. The second-order valence-corrected chi connectivity index (χ2v) is 7.45. The van der Waals surface area contributed by atoms with Crippen LogP contribution in [0.4, 0.5) is 5.69 Å². The summed E-state index contributed by atoms with van der Waals surface area (Å²) in [5, 5.41) is 18.9. The summed E-state index contributed by atoms with van der Waals surface area (Å²) in [7, 11) is 0. The largest absolute Gasteiger partial charge is 0.366 e. The number of thioether (sulfide) groups is 1. The van der Waals surface area contributed by atoms with Gasteiger partial charge in [-0.1, -0.05) is 43.5 Å². The van der Waals surface area contributed by atoms with E-state index in [0.717, 1.165) is 24.6 Å². The van der Waals surface area contributed by atoms with Crippen LogP contribution in [0.3, 0.4) is 0 Å². The van der Waals surface area contributed by atoms with E-state index in [2.05, 4.69) is 15.2 Å². The van der Waals surface area contributed by atoms with Gasteiger partial charge < -0.3 is 5.73 Å². The molecule has 0 atom stereocenters. The highest BCUT2D eigenvalue weighted by Crippen LogP contribution is 2.29. The van der Waals surface area contributed by atoms with Crippen LogP contribution in [0, 0.1) is 16.0 Å².